The predicted octanol–water partition coefficient (Wildman–Crippen LogP) is 4.44. The molecule has 5 heteroatoms. The van der Waals surface area contributed by atoms with Gasteiger partial charge in [-0.05, 0) is 42.8 Å². The van der Waals surface area contributed by atoms with E-state index in [2.05, 4.69) is 10.3 Å². The molecular weight excluding hydrogens is 304 g/mol. The van der Waals surface area contributed by atoms with E-state index in [0.717, 1.165) is 15.8 Å². The Morgan fingerprint density at radius 3 is 2.95 bits per heavy atom. The number of hydrogen-bond acceptors (Lipinski definition) is 3. The van der Waals surface area contributed by atoms with Crippen molar-refractivity contribution in [2.24, 2.45) is 0 Å². The lowest BCUT2D eigenvalue weighted by Gasteiger charge is -2.14. The average molecular weight is 317 g/mol. The number of carbonyl (C=O) groups is 1. The number of benzene rings is 2. The van der Waals surface area contributed by atoms with Crippen LogP contribution in [-0.4, -0.2) is 10.9 Å². The maximum absolute atomic E-state index is 12.3. The van der Waals surface area contributed by atoms with E-state index in [1.165, 1.54) is 11.3 Å². The van der Waals surface area contributed by atoms with Crippen LogP contribution in [0, 0.1) is 0 Å². The van der Waals surface area contributed by atoms with Gasteiger partial charge in [0, 0.05) is 10.6 Å². The van der Waals surface area contributed by atoms with Crippen LogP contribution in [0.4, 0.5) is 0 Å². The van der Waals surface area contributed by atoms with Gasteiger partial charge in [-0.2, -0.15) is 0 Å². The Hall–Kier alpha value is -1.91. The summed E-state index contributed by atoms with van der Waals surface area (Å²) in [7, 11) is 0. The standard InChI is InChI=1S/C16H13ClN2OS/c1-10(11-3-2-4-13(17)7-11)19-16(20)12-5-6-14-15(8-12)21-9-18-14/h2-10H,1H3,(H,19,20). The summed E-state index contributed by atoms with van der Waals surface area (Å²) in [4.78, 5) is 16.5. The van der Waals surface area contributed by atoms with Crippen LogP contribution in [-0.2, 0) is 0 Å². The molecule has 0 aliphatic carbocycles. The van der Waals surface area contributed by atoms with E-state index in [4.69, 9.17) is 11.6 Å². The highest BCUT2D eigenvalue weighted by molar-refractivity contribution is 7.16. The summed E-state index contributed by atoms with van der Waals surface area (Å²) in [6.07, 6.45) is 0. The van der Waals surface area contributed by atoms with Crippen molar-refractivity contribution >= 4 is 39.1 Å². The van der Waals surface area contributed by atoms with E-state index >= 15 is 0 Å². The van der Waals surface area contributed by atoms with Gasteiger partial charge in [0.15, 0.2) is 0 Å². The summed E-state index contributed by atoms with van der Waals surface area (Å²) in [5.74, 6) is -0.0993. The van der Waals surface area contributed by atoms with Crippen LogP contribution in [0.2, 0.25) is 5.02 Å². The van der Waals surface area contributed by atoms with E-state index < -0.39 is 0 Å². The molecule has 0 aliphatic heterocycles. The lowest BCUT2D eigenvalue weighted by Crippen LogP contribution is -2.26. The largest absolute Gasteiger partial charge is 0.346 e. The van der Waals surface area contributed by atoms with Gasteiger partial charge in [-0.1, -0.05) is 23.7 Å². The van der Waals surface area contributed by atoms with Gasteiger partial charge in [-0.25, -0.2) is 4.98 Å². The molecule has 0 fully saturated rings. The highest BCUT2D eigenvalue weighted by Crippen LogP contribution is 2.21. The normalized spacial score (nSPS) is 12.3. The smallest absolute Gasteiger partial charge is 0.251 e. The Morgan fingerprint density at radius 2 is 2.14 bits per heavy atom. The minimum atomic E-state index is -0.103. The Bertz CT molecular complexity index is 800. The molecule has 1 heterocycles. The fourth-order valence-corrected chi connectivity index (χ4v) is 3.05. The maximum atomic E-state index is 12.3. The number of thiazole rings is 1. The number of rotatable bonds is 3. The second kappa shape index (κ2) is 5.84. The van der Waals surface area contributed by atoms with Gasteiger partial charge in [-0.3, -0.25) is 4.79 Å². The lowest BCUT2D eigenvalue weighted by molar-refractivity contribution is 0.0940. The van der Waals surface area contributed by atoms with Crippen molar-refractivity contribution in [1.82, 2.24) is 10.3 Å². The summed E-state index contributed by atoms with van der Waals surface area (Å²) in [6, 6.07) is 12.9. The number of nitrogens with zero attached hydrogens (tertiary/aromatic N) is 1. The van der Waals surface area contributed by atoms with Gasteiger partial charge in [0.25, 0.3) is 5.91 Å². The van der Waals surface area contributed by atoms with Gasteiger partial charge >= 0.3 is 0 Å². The first-order valence-electron chi connectivity index (χ1n) is 6.53. The molecule has 0 radical (unpaired) electrons. The summed E-state index contributed by atoms with van der Waals surface area (Å²) >= 11 is 7.50. The predicted molar refractivity (Wildman–Crippen MR) is 87.0 cm³/mol. The molecular formula is C16H13ClN2OS. The molecule has 3 rings (SSSR count). The first kappa shape index (κ1) is 14.0. The Kier molecular flexibility index (Phi) is 3.90. The third-order valence-electron chi connectivity index (χ3n) is 3.29. The first-order chi connectivity index (χ1) is 10.1. The summed E-state index contributed by atoms with van der Waals surface area (Å²) in [5.41, 5.74) is 4.32. The third kappa shape index (κ3) is 3.06. The van der Waals surface area contributed by atoms with E-state index in [0.29, 0.717) is 10.6 Å². The molecule has 106 valence electrons. The number of nitrogens with one attached hydrogen (secondary N) is 1. The van der Waals surface area contributed by atoms with Crippen LogP contribution in [0.1, 0.15) is 28.9 Å². The minimum Gasteiger partial charge on any atom is -0.346 e. The van der Waals surface area contributed by atoms with Crippen LogP contribution >= 0.6 is 22.9 Å². The van der Waals surface area contributed by atoms with Crippen LogP contribution in [0.5, 0.6) is 0 Å². The Balaban J connectivity index is 1.79. The molecule has 0 saturated carbocycles. The van der Waals surface area contributed by atoms with E-state index in [1.807, 2.05) is 43.3 Å². The molecule has 1 N–H and O–H groups in total. The number of fused-ring (bicyclic) bond motifs is 1. The van der Waals surface area contributed by atoms with Crippen molar-refractivity contribution in [2.45, 2.75) is 13.0 Å². The van der Waals surface area contributed by atoms with Crippen molar-refractivity contribution in [3.05, 3.63) is 64.1 Å². The summed E-state index contributed by atoms with van der Waals surface area (Å²) in [5, 5.41) is 3.65. The van der Waals surface area contributed by atoms with Crippen LogP contribution < -0.4 is 5.32 Å². The van der Waals surface area contributed by atoms with E-state index in [-0.39, 0.29) is 11.9 Å². The van der Waals surface area contributed by atoms with Crippen molar-refractivity contribution in [2.75, 3.05) is 0 Å². The van der Waals surface area contributed by atoms with Gasteiger partial charge in [0.2, 0.25) is 0 Å². The zero-order valence-electron chi connectivity index (χ0n) is 11.3. The topological polar surface area (TPSA) is 42.0 Å². The molecule has 0 bridgehead atoms. The van der Waals surface area contributed by atoms with E-state index in [9.17, 15) is 4.79 Å². The Morgan fingerprint density at radius 1 is 1.29 bits per heavy atom. The fourth-order valence-electron chi connectivity index (χ4n) is 2.14. The molecule has 21 heavy (non-hydrogen) atoms. The van der Waals surface area contributed by atoms with Gasteiger partial charge in [-0.15, -0.1) is 11.3 Å². The second-order valence-corrected chi connectivity index (χ2v) is 6.11. The van der Waals surface area contributed by atoms with Crippen molar-refractivity contribution in [3.8, 4) is 0 Å². The maximum Gasteiger partial charge on any atom is 0.251 e. The summed E-state index contributed by atoms with van der Waals surface area (Å²) < 4.78 is 1.01. The number of halogens is 1. The zero-order valence-corrected chi connectivity index (χ0v) is 12.9. The molecule has 1 amide bonds. The summed E-state index contributed by atoms with van der Waals surface area (Å²) in [6.45, 7) is 1.94. The third-order valence-corrected chi connectivity index (χ3v) is 4.32. The number of amides is 1. The molecule has 1 unspecified atom stereocenters. The van der Waals surface area contributed by atoms with Crippen molar-refractivity contribution < 1.29 is 4.79 Å². The highest BCUT2D eigenvalue weighted by Gasteiger charge is 2.12. The van der Waals surface area contributed by atoms with Crippen LogP contribution in [0.15, 0.2) is 48.0 Å². The Labute approximate surface area is 131 Å². The molecule has 1 atom stereocenters. The number of carbonyl (C=O) groups excluding carboxylic acids is 1. The SMILES string of the molecule is CC(NC(=O)c1ccc2ncsc2c1)c1cccc(Cl)c1. The van der Waals surface area contributed by atoms with Crippen LogP contribution in [0.3, 0.4) is 0 Å². The van der Waals surface area contributed by atoms with Crippen molar-refractivity contribution in [1.29, 1.82) is 0 Å². The van der Waals surface area contributed by atoms with Crippen molar-refractivity contribution in [3.63, 3.8) is 0 Å². The molecule has 2 aromatic carbocycles. The zero-order chi connectivity index (χ0) is 14.8. The van der Waals surface area contributed by atoms with Gasteiger partial charge in [0.1, 0.15) is 0 Å². The fraction of sp³-hybridized carbons (Fsp3) is 0.125. The molecule has 0 saturated heterocycles. The molecule has 0 aliphatic rings. The van der Waals surface area contributed by atoms with E-state index in [1.54, 1.807) is 11.6 Å². The average Bonchev–Trinajstić information content (AvgIpc) is 2.94. The van der Waals surface area contributed by atoms with Gasteiger partial charge < -0.3 is 5.32 Å². The number of aromatic nitrogens is 1. The quantitative estimate of drug-likeness (QED) is 0.776. The van der Waals surface area contributed by atoms with Gasteiger partial charge in [0.05, 0.1) is 21.8 Å². The van der Waals surface area contributed by atoms with Crippen LogP contribution in [0.25, 0.3) is 10.2 Å². The second-order valence-electron chi connectivity index (χ2n) is 4.79. The monoisotopic (exact) mass is 316 g/mol. The highest BCUT2D eigenvalue weighted by atomic mass is 35.5. The number of hydrogen-bond donors (Lipinski definition) is 1. The molecule has 1 aromatic heterocycles. The first-order valence-corrected chi connectivity index (χ1v) is 7.79. The molecule has 0 spiro atoms. The minimum absolute atomic E-state index is 0.0993. The molecule has 3 aromatic rings. The molecule has 3 nitrogen and oxygen atoms in total. The lowest BCUT2D eigenvalue weighted by atomic mass is 10.1.